The molecule has 0 aliphatic carbocycles. The maximum Gasteiger partial charge on any atom is 0.145 e. The van der Waals surface area contributed by atoms with E-state index in [4.69, 9.17) is 4.74 Å². The molecule has 112 valence electrons. The summed E-state index contributed by atoms with van der Waals surface area (Å²) in [5, 5.41) is 3.42. The van der Waals surface area contributed by atoms with E-state index in [0.29, 0.717) is 0 Å². The van der Waals surface area contributed by atoms with Crippen LogP contribution in [0.5, 0.6) is 11.5 Å². The van der Waals surface area contributed by atoms with Crippen molar-refractivity contribution < 1.29 is 4.74 Å². The first kappa shape index (κ1) is 16.0. The molecule has 4 heteroatoms. The number of nitrogens with one attached hydrogen (secondary N) is 1. The summed E-state index contributed by atoms with van der Waals surface area (Å²) in [5.41, 5.74) is 2.13. The van der Waals surface area contributed by atoms with E-state index in [-0.39, 0.29) is 6.04 Å². The van der Waals surface area contributed by atoms with Crippen molar-refractivity contribution in [2.75, 3.05) is 6.54 Å². The van der Waals surface area contributed by atoms with E-state index < -0.39 is 0 Å². The minimum Gasteiger partial charge on any atom is -0.455 e. The van der Waals surface area contributed by atoms with Gasteiger partial charge in [0.2, 0.25) is 0 Å². The van der Waals surface area contributed by atoms with Crippen molar-refractivity contribution in [1.82, 2.24) is 10.3 Å². The Morgan fingerprint density at radius 2 is 2.10 bits per heavy atom. The van der Waals surface area contributed by atoms with Crippen LogP contribution in [0, 0.1) is 6.92 Å². The molecule has 0 spiro atoms. The summed E-state index contributed by atoms with van der Waals surface area (Å²) in [4.78, 5) is 4.48. The largest absolute Gasteiger partial charge is 0.455 e. The molecule has 0 amide bonds. The van der Waals surface area contributed by atoms with Crippen LogP contribution in [0.4, 0.5) is 0 Å². The Morgan fingerprint density at radius 1 is 1.29 bits per heavy atom. The van der Waals surface area contributed by atoms with E-state index in [1.807, 2.05) is 37.3 Å². The highest BCUT2D eigenvalue weighted by molar-refractivity contribution is 9.10. The second kappa shape index (κ2) is 7.57. The van der Waals surface area contributed by atoms with Crippen LogP contribution in [0.25, 0.3) is 0 Å². The smallest absolute Gasteiger partial charge is 0.145 e. The Morgan fingerprint density at radius 3 is 2.76 bits per heavy atom. The summed E-state index contributed by atoms with van der Waals surface area (Å²) in [6.07, 6.45) is 2.90. The summed E-state index contributed by atoms with van der Waals surface area (Å²) in [6.45, 7) is 7.31. The van der Waals surface area contributed by atoms with Crippen LogP contribution in [0.1, 0.15) is 37.6 Å². The van der Waals surface area contributed by atoms with E-state index in [1.54, 1.807) is 6.20 Å². The molecule has 0 aliphatic rings. The molecule has 0 fully saturated rings. The van der Waals surface area contributed by atoms with Gasteiger partial charge in [0, 0.05) is 10.5 Å². The first-order valence-corrected chi connectivity index (χ1v) is 8.02. The average Bonchev–Trinajstić information content (AvgIpc) is 2.49. The van der Waals surface area contributed by atoms with Gasteiger partial charge >= 0.3 is 0 Å². The second-order valence-corrected chi connectivity index (χ2v) is 6.02. The third kappa shape index (κ3) is 4.55. The molecule has 3 nitrogen and oxygen atoms in total. The predicted octanol–water partition coefficient (Wildman–Crippen LogP) is 5.01. The number of hydrogen-bond donors (Lipinski definition) is 1. The molecule has 1 N–H and O–H groups in total. The van der Waals surface area contributed by atoms with Crippen molar-refractivity contribution in [2.45, 2.75) is 33.2 Å². The number of aryl methyl sites for hydroxylation is 1. The molecule has 2 rings (SSSR count). The number of benzene rings is 1. The molecule has 0 bridgehead atoms. The van der Waals surface area contributed by atoms with Crippen LogP contribution < -0.4 is 10.1 Å². The lowest BCUT2D eigenvalue weighted by Crippen LogP contribution is -2.20. The van der Waals surface area contributed by atoms with Crippen LogP contribution in [-0.2, 0) is 0 Å². The van der Waals surface area contributed by atoms with E-state index in [9.17, 15) is 0 Å². The summed E-state index contributed by atoms with van der Waals surface area (Å²) in [6, 6.07) is 10.2. The van der Waals surface area contributed by atoms with E-state index in [2.05, 4.69) is 40.1 Å². The number of halogens is 1. The van der Waals surface area contributed by atoms with Gasteiger partial charge in [0.25, 0.3) is 0 Å². The average molecular weight is 349 g/mol. The van der Waals surface area contributed by atoms with Crippen LogP contribution in [0.2, 0.25) is 0 Å². The normalized spacial score (nSPS) is 12.2. The van der Waals surface area contributed by atoms with Crippen molar-refractivity contribution in [3.05, 3.63) is 52.3 Å². The highest BCUT2D eigenvalue weighted by Crippen LogP contribution is 2.28. The van der Waals surface area contributed by atoms with Crippen molar-refractivity contribution in [3.63, 3.8) is 0 Å². The van der Waals surface area contributed by atoms with Crippen molar-refractivity contribution in [3.8, 4) is 11.5 Å². The Balaban J connectivity index is 2.07. The third-order valence-corrected chi connectivity index (χ3v) is 3.77. The highest BCUT2D eigenvalue weighted by atomic mass is 79.9. The van der Waals surface area contributed by atoms with Gasteiger partial charge in [0.1, 0.15) is 11.5 Å². The summed E-state index contributed by atoms with van der Waals surface area (Å²) in [7, 11) is 0. The predicted molar refractivity (Wildman–Crippen MR) is 89.9 cm³/mol. The maximum absolute atomic E-state index is 5.89. The van der Waals surface area contributed by atoms with Gasteiger partial charge in [-0.3, -0.25) is 4.98 Å². The summed E-state index contributed by atoms with van der Waals surface area (Å²) >= 11 is 3.46. The molecule has 1 aromatic carbocycles. The molecule has 0 aliphatic heterocycles. The van der Waals surface area contributed by atoms with Gasteiger partial charge in [-0.25, -0.2) is 0 Å². The minimum absolute atomic E-state index is 0.256. The Hall–Kier alpha value is -1.39. The summed E-state index contributed by atoms with van der Waals surface area (Å²) in [5.74, 6) is 1.60. The molecular formula is C17H21BrN2O. The van der Waals surface area contributed by atoms with Crippen molar-refractivity contribution in [2.24, 2.45) is 0 Å². The number of aromatic nitrogens is 1. The zero-order valence-corrected chi connectivity index (χ0v) is 14.3. The standard InChI is InChI=1S/C17H21BrN2O/c1-4-9-19-13(3)16-8-7-15(11-20-16)21-17-10-14(18)6-5-12(17)2/h5-8,10-11,13,19H,4,9H2,1-3H3. The molecule has 1 atom stereocenters. The SMILES string of the molecule is CCCNC(C)c1ccc(Oc2cc(Br)ccc2C)cn1. The van der Waals surface area contributed by atoms with E-state index >= 15 is 0 Å². The Labute approximate surface area is 134 Å². The van der Waals surface area contributed by atoms with Crippen LogP contribution in [0.15, 0.2) is 41.0 Å². The van der Waals surface area contributed by atoms with Crippen molar-refractivity contribution in [1.29, 1.82) is 0 Å². The van der Waals surface area contributed by atoms with Gasteiger partial charge in [-0.2, -0.15) is 0 Å². The topological polar surface area (TPSA) is 34.1 Å². The number of nitrogens with zero attached hydrogens (tertiary/aromatic N) is 1. The zero-order chi connectivity index (χ0) is 15.2. The molecule has 21 heavy (non-hydrogen) atoms. The fraction of sp³-hybridized carbons (Fsp3) is 0.353. The van der Waals surface area contributed by atoms with Gasteiger partial charge < -0.3 is 10.1 Å². The molecular weight excluding hydrogens is 328 g/mol. The van der Waals surface area contributed by atoms with Gasteiger partial charge in [-0.05, 0) is 56.6 Å². The maximum atomic E-state index is 5.89. The van der Waals surface area contributed by atoms with E-state index in [1.165, 1.54) is 0 Å². The van der Waals surface area contributed by atoms with Gasteiger partial charge in [0.05, 0.1) is 11.9 Å². The fourth-order valence-corrected chi connectivity index (χ4v) is 2.32. The number of ether oxygens (including phenoxy) is 1. The van der Waals surface area contributed by atoms with E-state index in [0.717, 1.165) is 40.2 Å². The molecule has 0 radical (unpaired) electrons. The number of pyridine rings is 1. The molecule has 1 aromatic heterocycles. The van der Waals surface area contributed by atoms with Gasteiger partial charge in [0.15, 0.2) is 0 Å². The highest BCUT2D eigenvalue weighted by Gasteiger charge is 2.07. The van der Waals surface area contributed by atoms with Gasteiger partial charge in [-0.15, -0.1) is 0 Å². The lowest BCUT2D eigenvalue weighted by Gasteiger charge is -2.13. The first-order valence-electron chi connectivity index (χ1n) is 7.23. The molecule has 0 saturated heterocycles. The first-order chi connectivity index (χ1) is 10.1. The third-order valence-electron chi connectivity index (χ3n) is 3.28. The van der Waals surface area contributed by atoms with Gasteiger partial charge in [-0.1, -0.05) is 28.9 Å². The monoisotopic (exact) mass is 348 g/mol. The Bertz CT molecular complexity index is 584. The fourth-order valence-electron chi connectivity index (χ4n) is 1.98. The molecule has 0 saturated carbocycles. The Kier molecular flexibility index (Phi) is 5.76. The quantitative estimate of drug-likeness (QED) is 0.796. The van der Waals surface area contributed by atoms with Crippen LogP contribution in [0.3, 0.4) is 0 Å². The summed E-state index contributed by atoms with van der Waals surface area (Å²) < 4.78 is 6.90. The van der Waals surface area contributed by atoms with Crippen LogP contribution >= 0.6 is 15.9 Å². The molecule has 2 aromatic rings. The molecule has 1 unspecified atom stereocenters. The van der Waals surface area contributed by atoms with Crippen molar-refractivity contribution >= 4 is 15.9 Å². The minimum atomic E-state index is 0.256. The lowest BCUT2D eigenvalue weighted by molar-refractivity contribution is 0.474. The lowest BCUT2D eigenvalue weighted by atomic mass is 10.2. The van der Waals surface area contributed by atoms with Crippen LogP contribution in [-0.4, -0.2) is 11.5 Å². The number of hydrogen-bond acceptors (Lipinski definition) is 3. The molecule has 1 heterocycles. The second-order valence-electron chi connectivity index (χ2n) is 5.11. The number of rotatable bonds is 6. The zero-order valence-electron chi connectivity index (χ0n) is 12.7.